The van der Waals surface area contributed by atoms with Crippen molar-refractivity contribution in [3.8, 4) is 5.75 Å². The molecule has 2 fully saturated rings. The average Bonchev–Trinajstić information content (AvgIpc) is 3.24. The molecule has 0 unspecified atom stereocenters. The van der Waals surface area contributed by atoms with Crippen LogP contribution in [0.3, 0.4) is 0 Å². The maximum atomic E-state index is 12.2. The summed E-state index contributed by atoms with van der Waals surface area (Å²) in [5.41, 5.74) is 0.491. The highest BCUT2D eigenvalue weighted by atomic mass is 19.3. The molecule has 1 aromatic rings. The highest BCUT2D eigenvalue weighted by Gasteiger charge is 2.34. The molecule has 25 heavy (non-hydrogen) atoms. The van der Waals surface area contributed by atoms with Crippen molar-refractivity contribution in [2.24, 2.45) is 0 Å². The van der Waals surface area contributed by atoms with E-state index in [4.69, 9.17) is 0 Å². The second-order valence-electron chi connectivity index (χ2n) is 6.36. The molecule has 2 N–H and O–H groups in total. The fourth-order valence-corrected chi connectivity index (χ4v) is 2.94. The number of nitrogens with one attached hydrogen (secondary N) is 2. The van der Waals surface area contributed by atoms with Gasteiger partial charge in [0.2, 0.25) is 11.8 Å². The van der Waals surface area contributed by atoms with Crippen LogP contribution in [0.4, 0.5) is 14.5 Å². The predicted molar refractivity (Wildman–Crippen MR) is 87.5 cm³/mol. The highest BCUT2D eigenvalue weighted by Crippen LogP contribution is 2.22. The standard InChI is InChI=1S/C17H21F2N3O3/c18-17(19)25-13-7-5-11(6-8-13)20-15(23)10-22-9-1-2-14(22)16(24)21-12-3-4-12/h5-8,12,14,17H,1-4,9-10H2,(H,20,23)(H,21,24)/t14-/m1/s1. The Kier molecular flexibility index (Phi) is 5.47. The Balaban J connectivity index is 1.50. The third kappa shape index (κ3) is 5.12. The largest absolute Gasteiger partial charge is 0.435 e. The van der Waals surface area contributed by atoms with Crippen molar-refractivity contribution in [3.63, 3.8) is 0 Å². The molecule has 1 heterocycles. The number of ether oxygens (including phenoxy) is 1. The molecule has 1 atom stereocenters. The maximum absolute atomic E-state index is 12.2. The number of benzene rings is 1. The van der Waals surface area contributed by atoms with E-state index in [1.54, 1.807) is 0 Å². The topological polar surface area (TPSA) is 70.7 Å². The van der Waals surface area contributed by atoms with Crippen LogP contribution in [0.2, 0.25) is 0 Å². The number of likely N-dealkylation sites (tertiary alicyclic amines) is 1. The summed E-state index contributed by atoms with van der Waals surface area (Å²) in [5.74, 6) is -0.209. The molecule has 2 aliphatic rings. The molecule has 1 aliphatic heterocycles. The Morgan fingerprint density at radius 1 is 1.20 bits per heavy atom. The number of alkyl halides is 2. The minimum atomic E-state index is -2.88. The molecule has 0 aromatic heterocycles. The number of anilines is 1. The van der Waals surface area contributed by atoms with Crippen molar-refractivity contribution in [3.05, 3.63) is 24.3 Å². The molecule has 1 aromatic carbocycles. The van der Waals surface area contributed by atoms with Crippen LogP contribution in [0, 0.1) is 0 Å². The minimum Gasteiger partial charge on any atom is -0.435 e. The summed E-state index contributed by atoms with van der Waals surface area (Å²) in [5, 5.41) is 5.69. The van der Waals surface area contributed by atoms with Gasteiger partial charge in [-0.2, -0.15) is 8.78 Å². The van der Waals surface area contributed by atoms with Gasteiger partial charge >= 0.3 is 6.61 Å². The number of nitrogens with zero attached hydrogens (tertiary/aromatic N) is 1. The van der Waals surface area contributed by atoms with Crippen LogP contribution in [0.25, 0.3) is 0 Å². The Hall–Kier alpha value is -2.22. The molecular formula is C17H21F2N3O3. The van der Waals surface area contributed by atoms with Crippen LogP contribution in [0.1, 0.15) is 25.7 Å². The van der Waals surface area contributed by atoms with Gasteiger partial charge in [-0.05, 0) is 56.5 Å². The zero-order valence-corrected chi connectivity index (χ0v) is 13.7. The first-order valence-corrected chi connectivity index (χ1v) is 8.40. The summed E-state index contributed by atoms with van der Waals surface area (Å²) in [6, 6.07) is 5.77. The van der Waals surface area contributed by atoms with E-state index in [1.807, 2.05) is 4.90 Å². The first kappa shape index (κ1) is 17.6. The van der Waals surface area contributed by atoms with Gasteiger partial charge in [0.05, 0.1) is 12.6 Å². The van der Waals surface area contributed by atoms with E-state index in [0.717, 1.165) is 25.7 Å². The van der Waals surface area contributed by atoms with Crippen LogP contribution >= 0.6 is 0 Å². The van der Waals surface area contributed by atoms with Gasteiger partial charge in [0.15, 0.2) is 0 Å². The van der Waals surface area contributed by atoms with Gasteiger partial charge in [0.25, 0.3) is 0 Å². The Morgan fingerprint density at radius 3 is 2.56 bits per heavy atom. The molecule has 0 radical (unpaired) electrons. The number of halogens is 2. The second kappa shape index (κ2) is 7.77. The molecule has 1 aliphatic carbocycles. The maximum Gasteiger partial charge on any atom is 0.387 e. The van der Waals surface area contributed by atoms with Crippen molar-refractivity contribution in [1.29, 1.82) is 0 Å². The molecule has 3 rings (SSSR count). The Morgan fingerprint density at radius 2 is 1.92 bits per heavy atom. The quantitative estimate of drug-likeness (QED) is 0.786. The predicted octanol–water partition coefficient (Wildman–Crippen LogP) is 1.97. The zero-order chi connectivity index (χ0) is 17.8. The van der Waals surface area contributed by atoms with Crippen LogP contribution in [0.15, 0.2) is 24.3 Å². The van der Waals surface area contributed by atoms with Gasteiger partial charge in [-0.3, -0.25) is 14.5 Å². The van der Waals surface area contributed by atoms with Crippen LogP contribution in [-0.4, -0.2) is 48.5 Å². The summed E-state index contributed by atoms with van der Waals surface area (Å²) in [4.78, 5) is 26.3. The molecule has 136 valence electrons. The third-order valence-electron chi connectivity index (χ3n) is 4.30. The molecule has 6 nitrogen and oxygen atoms in total. The molecular weight excluding hydrogens is 332 g/mol. The summed E-state index contributed by atoms with van der Waals surface area (Å²) >= 11 is 0. The van der Waals surface area contributed by atoms with Crippen molar-refractivity contribution in [1.82, 2.24) is 10.2 Å². The van der Waals surface area contributed by atoms with Gasteiger partial charge in [-0.15, -0.1) is 0 Å². The van der Waals surface area contributed by atoms with Crippen LogP contribution in [0.5, 0.6) is 5.75 Å². The lowest BCUT2D eigenvalue weighted by atomic mass is 10.2. The molecule has 2 amide bonds. The lowest BCUT2D eigenvalue weighted by Gasteiger charge is -2.23. The van der Waals surface area contributed by atoms with Gasteiger partial charge in [-0.25, -0.2) is 0 Å². The van der Waals surface area contributed by atoms with Gasteiger partial charge < -0.3 is 15.4 Å². The summed E-state index contributed by atoms with van der Waals surface area (Å²) in [6.07, 6.45) is 3.70. The zero-order valence-electron chi connectivity index (χ0n) is 13.7. The molecule has 1 saturated heterocycles. The lowest BCUT2D eigenvalue weighted by molar-refractivity contribution is -0.126. The minimum absolute atomic E-state index is 0.00120. The smallest absolute Gasteiger partial charge is 0.387 e. The first-order valence-electron chi connectivity index (χ1n) is 8.40. The third-order valence-corrected chi connectivity index (χ3v) is 4.30. The average molecular weight is 353 g/mol. The van der Waals surface area contributed by atoms with Crippen molar-refractivity contribution in [2.75, 3.05) is 18.4 Å². The molecule has 1 saturated carbocycles. The van der Waals surface area contributed by atoms with Crippen molar-refractivity contribution >= 4 is 17.5 Å². The second-order valence-corrected chi connectivity index (χ2v) is 6.36. The summed E-state index contributed by atoms with van der Waals surface area (Å²) in [6.45, 7) is -2.05. The summed E-state index contributed by atoms with van der Waals surface area (Å²) < 4.78 is 28.5. The SMILES string of the molecule is O=C(CN1CCC[C@@H]1C(=O)NC1CC1)Nc1ccc(OC(F)F)cc1. The van der Waals surface area contributed by atoms with E-state index >= 15 is 0 Å². The van der Waals surface area contributed by atoms with E-state index in [9.17, 15) is 18.4 Å². The number of rotatable bonds is 7. The molecule has 0 spiro atoms. The fourth-order valence-electron chi connectivity index (χ4n) is 2.94. The van der Waals surface area contributed by atoms with E-state index < -0.39 is 6.61 Å². The van der Waals surface area contributed by atoms with Crippen molar-refractivity contribution < 1.29 is 23.1 Å². The van der Waals surface area contributed by atoms with E-state index in [-0.39, 0.29) is 30.2 Å². The highest BCUT2D eigenvalue weighted by molar-refractivity contribution is 5.93. The number of carbonyl (C=O) groups is 2. The van der Waals surface area contributed by atoms with Gasteiger partial charge in [0.1, 0.15) is 5.75 Å². The van der Waals surface area contributed by atoms with E-state index in [1.165, 1.54) is 24.3 Å². The van der Waals surface area contributed by atoms with Gasteiger partial charge in [-0.1, -0.05) is 0 Å². The number of carbonyl (C=O) groups excluding carboxylic acids is 2. The normalized spacial score (nSPS) is 20.5. The fraction of sp³-hybridized carbons (Fsp3) is 0.529. The Labute approximate surface area is 144 Å². The lowest BCUT2D eigenvalue weighted by Crippen LogP contribution is -2.46. The molecule has 0 bridgehead atoms. The van der Waals surface area contributed by atoms with Crippen molar-refractivity contribution in [2.45, 2.75) is 44.4 Å². The van der Waals surface area contributed by atoms with Crippen LogP contribution in [-0.2, 0) is 9.59 Å². The number of hydrogen-bond acceptors (Lipinski definition) is 4. The van der Waals surface area contributed by atoms with Crippen LogP contribution < -0.4 is 15.4 Å². The van der Waals surface area contributed by atoms with Gasteiger partial charge in [0, 0.05) is 11.7 Å². The monoisotopic (exact) mass is 353 g/mol. The Bertz CT molecular complexity index is 620. The summed E-state index contributed by atoms with van der Waals surface area (Å²) in [7, 11) is 0. The number of hydrogen-bond donors (Lipinski definition) is 2. The van der Waals surface area contributed by atoms with E-state index in [2.05, 4.69) is 15.4 Å². The first-order chi connectivity index (χ1) is 12.0. The number of amides is 2. The van der Waals surface area contributed by atoms with E-state index in [0.29, 0.717) is 18.3 Å². The molecule has 8 heteroatoms.